The number of aryl methyl sites for hydroxylation is 1. The van der Waals surface area contributed by atoms with Gasteiger partial charge in [-0.2, -0.15) is 0 Å². The SMILES string of the molecule is Cc1ccccc1CN(C(=O)CCCN(c1cccc(Cl)c1)S(C)(=O)=O)[C@@H](C)C(=O)NC(C)C. The van der Waals surface area contributed by atoms with E-state index in [1.807, 2.05) is 45.0 Å². The summed E-state index contributed by atoms with van der Waals surface area (Å²) in [5.41, 5.74) is 2.43. The fourth-order valence-electron chi connectivity index (χ4n) is 3.59. The van der Waals surface area contributed by atoms with E-state index in [0.717, 1.165) is 17.4 Å². The first-order valence-electron chi connectivity index (χ1n) is 11.3. The largest absolute Gasteiger partial charge is 0.352 e. The number of rotatable bonds is 11. The number of nitrogens with zero attached hydrogens (tertiary/aromatic N) is 2. The summed E-state index contributed by atoms with van der Waals surface area (Å²) >= 11 is 6.04. The zero-order valence-corrected chi connectivity index (χ0v) is 22.0. The molecule has 2 aromatic carbocycles. The van der Waals surface area contributed by atoms with Crippen LogP contribution in [0.5, 0.6) is 0 Å². The molecular weight excluding hydrogens is 474 g/mol. The molecule has 0 aromatic heterocycles. The maximum absolute atomic E-state index is 13.3. The maximum Gasteiger partial charge on any atom is 0.242 e. The van der Waals surface area contributed by atoms with Gasteiger partial charge in [0.2, 0.25) is 21.8 Å². The smallest absolute Gasteiger partial charge is 0.242 e. The third kappa shape index (κ3) is 8.02. The molecular formula is C25H34ClN3O4S. The van der Waals surface area contributed by atoms with Gasteiger partial charge in [-0.15, -0.1) is 0 Å². The van der Waals surface area contributed by atoms with Crippen molar-refractivity contribution in [1.82, 2.24) is 10.2 Å². The van der Waals surface area contributed by atoms with Crippen LogP contribution in [0.25, 0.3) is 0 Å². The molecule has 1 N–H and O–H groups in total. The van der Waals surface area contributed by atoms with E-state index in [1.165, 1.54) is 4.31 Å². The Kier molecular flexibility index (Phi) is 9.94. The van der Waals surface area contributed by atoms with Gasteiger partial charge in [0.15, 0.2) is 0 Å². The van der Waals surface area contributed by atoms with Crippen LogP contribution in [0.1, 0.15) is 44.7 Å². The Labute approximate surface area is 208 Å². The Morgan fingerprint density at radius 1 is 1.06 bits per heavy atom. The molecule has 0 aliphatic heterocycles. The van der Waals surface area contributed by atoms with Crippen LogP contribution in [0.3, 0.4) is 0 Å². The Bertz CT molecular complexity index is 1100. The van der Waals surface area contributed by atoms with Crippen LogP contribution in [0.2, 0.25) is 5.02 Å². The van der Waals surface area contributed by atoms with E-state index in [9.17, 15) is 18.0 Å². The number of anilines is 1. The number of carbonyl (C=O) groups is 2. The van der Waals surface area contributed by atoms with Crippen molar-refractivity contribution in [2.75, 3.05) is 17.1 Å². The van der Waals surface area contributed by atoms with Gasteiger partial charge >= 0.3 is 0 Å². The lowest BCUT2D eigenvalue weighted by molar-refractivity contribution is -0.140. The first kappa shape index (κ1) is 27.7. The molecule has 186 valence electrons. The summed E-state index contributed by atoms with van der Waals surface area (Å²) in [6, 6.07) is 13.6. The van der Waals surface area contributed by atoms with E-state index < -0.39 is 16.1 Å². The van der Waals surface area contributed by atoms with Crippen molar-refractivity contribution in [3.05, 3.63) is 64.7 Å². The van der Waals surface area contributed by atoms with Gasteiger partial charge in [0, 0.05) is 30.6 Å². The highest BCUT2D eigenvalue weighted by Gasteiger charge is 2.27. The molecule has 2 aromatic rings. The van der Waals surface area contributed by atoms with Crippen molar-refractivity contribution in [3.63, 3.8) is 0 Å². The summed E-state index contributed by atoms with van der Waals surface area (Å²) in [6.45, 7) is 7.83. The highest BCUT2D eigenvalue weighted by Crippen LogP contribution is 2.23. The standard InChI is InChI=1S/C25H34ClN3O4S/c1-18(2)27-25(31)20(4)28(17-21-11-7-6-10-19(21)3)24(30)14-9-15-29(34(5,32)33)23-13-8-12-22(26)16-23/h6-8,10-13,16,18,20H,9,14-15,17H2,1-5H3,(H,27,31)/t20-/m0/s1. The Hall–Kier alpha value is -2.58. The number of nitrogens with one attached hydrogen (secondary N) is 1. The molecule has 0 unspecified atom stereocenters. The summed E-state index contributed by atoms with van der Waals surface area (Å²) in [5.74, 6) is -0.442. The molecule has 2 rings (SSSR count). The second kappa shape index (κ2) is 12.2. The molecule has 0 bridgehead atoms. The van der Waals surface area contributed by atoms with Gasteiger partial charge in [0.25, 0.3) is 0 Å². The van der Waals surface area contributed by atoms with Crippen LogP contribution in [-0.2, 0) is 26.2 Å². The molecule has 7 nitrogen and oxygen atoms in total. The summed E-state index contributed by atoms with van der Waals surface area (Å²) in [7, 11) is -3.56. The first-order chi connectivity index (χ1) is 15.9. The quantitative estimate of drug-likeness (QED) is 0.495. The van der Waals surface area contributed by atoms with Gasteiger partial charge in [-0.3, -0.25) is 13.9 Å². The average molecular weight is 508 g/mol. The third-order valence-corrected chi connectivity index (χ3v) is 6.88. The molecule has 34 heavy (non-hydrogen) atoms. The van der Waals surface area contributed by atoms with Crippen LogP contribution in [-0.4, -0.2) is 50.0 Å². The first-order valence-corrected chi connectivity index (χ1v) is 13.5. The van der Waals surface area contributed by atoms with Crippen LogP contribution >= 0.6 is 11.6 Å². The number of hydrogen-bond donors (Lipinski definition) is 1. The summed E-state index contributed by atoms with van der Waals surface area (Å²) in [5, 5.41) is 3.29. The highest BCUT2D eigenvalue weighted by atomic mass is 35.5. The minimum absolute atomic E-state index is 0.0496. The third-order valence-electron chi connectivity index (χ3n) is 5.45. The van der Waals surface area contributed by atoms with Gasteiger partial charge in [0.05, 0.1) is 11.9 Å². The van der Waals surface area contributed by atoms with E-state index >= 15 is 0 Å². The van der Waals surface area contributed by atoms with Crippen LogP contribution in [0, 0.1) is 6.92 Å². The van der Waals surface area contributed by atoms with Crippen molar-refractivity contribution < 1.29 is 18.0 Å². The Morgan fingerprint density at radius 3 is 2.32 bits per heavy atom. The number of hydrogen-bond acceptors (Lipinski definition) is 4. The second-order valence-electron chi connectivity index (χ2n) is 8.71. The molecule has 0 heterocycles. The van der Waals surface area contributed by atoms with Crippen LogP contribution < -0.4 is 9.62 Å². The number of sulfonamides is 1. The lowest BCUT2D eigenvalue weighted by atomic mass is 10.1. The average Bonchev–Trinajstić information content (AvgIpc) is 2.74. The number of amides is 2. The molecule has 1 atom stereocenters. The lowest BCUT2D eigenvalue weighted by Gasteiger charge is -2.30. The second-order valence-corrected chi connectivity index (χ2v) is 11.0. The zero-order chi connectivity index (χ0) is 25.5. The van der Waals surface area contributed by atoms with Crippen molar-refractivity contribution in [2.24, 2.45) is 0 Å². The van der Waals surface area contributed by atoms with E-state index in [4.69, 9.17) is 11.6 Å². The topological polar surface area (TPSA) is 86.8 Å². The Morgan fingerprint density at radius 2 is 1.74 bits per heavy atom. The number of carbonyl (C=O) groups excluding carboxylic acids is 2. The normalized spacial score (nSPS) is 12.3. The summed E-state index contributed by atoms with van der Waals surface area (Å²) in [4.78, 5) is 27.5. The predicted octanol–water partition coefficient (Wildman–Crippen LogP) is 4.14. The van der Waals surface area contributed by atoms with Gasteiger partial charge in [-0.1, -0.05) is 41.9 Å². The van der Waals surface area contributed by atoms with Crippen molar-refractivity contribution in [3.8, 4) is 0 Å². The van der Waals surface area contributed by atoms with E-state index in [0.29, 0.717) is 23.7 Å². The van der Waals surface area contributed by atoms with Crippen LogP contribution in [0.15, 0.2) is 48.5 Å². The number of benzene rings is 2. The van der Waals surface area contributed by atoms with Crippen molar-refractivity contribution in [1.29, 1.82) is 0 Å². The fourth-order valence-corrected chi connectivity index (χ4v) is 4.74. The minimum Gasteiger partial charge on any atom is -0.352 e. The van der Waals surface area contributed by atoms with E-state index in [1.54, 1.807) is 36.1 Å². The van der Waals surface area contributed by atoms with Gasteiger partial charge in [-0.25, -0.2) is 8.42 Å². The van der Waals surface area contributed by atoms with Crippen molar-refractivity contribution in [2.45, 2.75) is 59.2 Å². The van der Waals surface area contributed by atoms with E-state index in [-0.39, 0.29) is 30.8 Å². The van der Waals surface area contributed by atoms with Gasteiger partial charge in [0.1, 0.15) is 6.04 Å². The summed E-state index contributed by atoms with van der Waals surface area (Å²) < 4.78 is 26.0. The molecule has 0 fully saturated rings. The molecule has 0 spiro atoms. The Balaban J connectivity index is 2.18. The van der Waals surface area contributed by atoms with E-state index in [2.05, 4.69) is 5.32 Å². The monoisotopic (exact) mass is 507 g/mol. The predicted molar refractivity (Wildman–Crippen MR) is 137 cm³/mol. The molecule has 9 heteroatoms. The zero-order valence-electron chi connectivity index (χ0n) is 20.4. The highest BCUT2D eigenvalue weighted by molar-refractivity contribution is 7.92. The summed E-state index contributed by atoms with van der Waals surface area (Å²) in [6.07, 6.45) is 1.51. The molecule has 0 aliphatic rings. The van der Waals surface area contributed by atoms with Crippen LogP contribution in [0.4, 0.5) is 5.69 Å². The molecule has 0 radical (unpaired) electrons. The lowest BCUT2D eigenvalue weighted by Crippen LogP contribution is -2.49. The van der Waals surface area contributed by atoms with Gasteiger partial charge in [-0.05, 0) is 63.4 Å². The maximum atomic E-state index is 13.3. The molecule has 2 amide bonds. The molecule has 0 saturated carbocycles. The van der Waals surface area contributed by atoms with Gasteiger partial charge < -0.3 is 10.2 Å². The molecule has 0 aliphatic carbocycles. The van der Waals surface area contributed by atoms with Crippen molar-refractivity contribution >= 4 is 39.1 Å². The fraction of sp³-hybridized carbons (Fsp3) is 0.440. The number of halogens is 1. The minimum atomic E-state index is -3.56. The molecule has 0 saturated heterocycles.